The molecule has 1 aliphatic carbocycles. The number of hydrogen-bond acceptors (Lipinski definition) is 3. The van der Waals surface area contributed by atoms with E-state index in [-0.39, 0.29) is 18.3 Å². The van der Waals surface area contributed by atoms with E-state index in [0.717, 1.165) is 43.4 Å². The number of nitrogens with one attached hydrogen (secondary N) is 1. The van der Waals surface area contributed by atoms with Crippen LogP contribution in [0.4, 0.5) is 0 Å². The van der Waals surface area contributed by atoms with Gasteiger partial charge >= 0.3 is 0 Å². The first kappa shape index (κ1) is 16.0. The third kappa shape index (κ3) is 3.48. The van der Waals surface area contributed by atoms with Crippen LogP contribution in [0.3, 0.4) is 0 Å². The number of nitrogens with two attached hydrogens (primary N) is 1. The van der Waals surface area contributed by atoms with E-state index in [2.05, 4.69) is 17.3 Å². The minimum Gasteiger partial charge on any atom is -0.350 e. The van der Waals surface area contributed by atoms with Crippen molar-refractivity contribution < 1.29 is 4.79 Å². The molecule has 1 fully saturated rings. The molecular weight excluding hydrogens is 264 g/mol. The lowest BCUT2D eigenvalue weighted by atomic mass is 9.98. The zero-order valence-electron chi connectivity index (χ0n) is 11.6. The number of carbonyl (C=O) groups excluding carboxylic acids is 1. The van der Waals surface area contributed by atoms with Crippen LogP contribution in [0.25, 0.3) is 0 Å². The summed E-state index contributed by atoms with van der Waals surface area (Å²) >= 11 is 0. The van der Waals surface area contributed by atoms with E-state index in [4.69, 9.17) is 5.73 Å². The Morgan fingerprint density at radius 3 is 2.74 bits per heavy atom. The minimum absolute atomic E-state index is 0. The van der Waals surface area contributed by atoms with Crippen LogP contribution in [0.15, 0.2) is 6.20 Å². The lowest BCUT2D eigenvalue weighted by Crippen LogP contribution is -2.51. The zero-order valence-corrected chi connectivity index (χ0v) is 12.4. The van der Waals surface area contributed by atoms with E-state index in [1.165, 1.54) is 0 Å². The van der Waals surface area contributed by atoms with E-state index in [9.17, 15) is 4.79 Å². The van der Waals surface area contributed by atoms with Crippen LogP contribution in [0, 0.1) is 0 Å². The van der Waals surface area contributed by atoms with Gasteiger partial charge in [-0.1, -0.05) is 19.8 Å². The van der Waals surface area contributed by atoms with Crippen molar-refractivity contribution in [1.29, 1.82) is 0 Å². The summed E-state index contributed by atoms with van der Waals surface area (Å²) in [5.41, 5.74) is 7.58. The molecule has 1 amide bonds. The monoisotopic (exact) mass is 286 g/mol. The maximum absolute atomic E-state index is 12.1. The van der Waals surface area contributed by atoms with Crippen LogP contribution >= 0.6 is 12.4 Å². The van der Waals surface area contributed by atoms with Crippen molar-refractivity contribution in [3.63, 3.8) is 0 Å². The van der Waals surface area contributed by atoms with Crippen LogP contribution in [0.2, 0.25) is 0 Å². The van der Waals surface area contributed by atoms with Crippen molar-refractivity contribution in [2.24, 2.45) is 12.8 Å². The molecule has 1 aromatic rings. The van der Waals surface area contributed by atoms with Gasteiger partial charge in [0.25, 0.3) is 0 Å². The average Bonchev–Trinajstić information content (AvgIpc) is 2.93. The van der Waals surface area contributed by atoms with E-state index in [0.29, 0.717) is 6.54 Å². The van der Waals surface area contributed by atoms with Crippen LogP contribution < -0.4 is 11.1 Å². The molecule has 1 saturated carbocycles. The molecule has 0 radical (unpaired) electrons. The smallest absolute Gasteiger partial charge is 0.240 e. The Morgan fingerprint density at radius 1 is 1.53 bits per heavy atom. The number of halogens is 1. The summed E-state index contributed by atoms with van der Waals surface area (Å²) in [4.78, 5) is 12.1. The maximum atomic E-state index is 12.1. The molecule has 5 nitrogen and oxygen atoms in total. The second kappa shape index (κ2) is 6.39. The molecule has 19 heavy (non-hydrogen) atoms. The third-order valence-corrected chi connectivity index (χ3v) is 3.71. The van der Waals surface area contributed by atoms with E-state index in [1.54, 1.807) is 4.68 Å². The number of hydrogen-bond donors (Lipinski definition) is 2. The Labute approximate surface area is 120 Å². The summed E-state index contributed by atoms with van der Waals surface area (Å²) in [5.74, 6) is -0.0223. The number of amides is 1. The molecule has 0 unspecified atom stereocenters. The third-order valence-electron chi connectivity index (χ3n) is 3.71. The molecule has 0 aliphatic heterocycles. The molecule has 1 heterocycles. The highest BCUT2D eigenvalue weighted by Crippen LogP contribution is 2.27. The molecule has 1 aromatic heterocycles. The topological polar surface area (TPSA) is 72.9 Å². The average molecular weight is 287 g/mol. The molecule has 2 rings (SSSR count). The van der Waals surface area contributed by atoms with E-state index in [1.807, 2.05) is 13.2 Å². The first-order chi connectivity index (χ1) is 8.55. The van der Waals surface area contributed by atoms with Gasteiger partial charge in [0.1, 0.15) is 0 Å². The van der Waals surface area contributed by atoms with Gasteiger partial charge in [0, 0.05) is 25.4 Å². The largest absolute Gasteiger partial charge is 0.350 e. The Balaban J connectivity index is 0.00000180. The summed E-state index contributed by atoms with van der Waals surface area (Å²) in [5, 5.41) is 7.31. The van der Waals surface area contributed by atoms with Crippen molar-refractivity contribution in [1.82, 2.24) is 15.1 Å². The van der Waals surface area contributed by atoms with Crippen LogP contribution in [0.5, 0.6) is 0 Å². The molecule has 0 atom stereocenters. The first-order valence-corrected chi connectivity index (χ1v) is 6.64. The van der Waals surface area contributed by atoms with Gasteiger partial charge in [-0.2, -0.15) is 5.10 Å². The van der Waals surface area contributed by atoms with Crippen LogP contribution in [-0.2, 0) is 24.8 Å². The number of nitrogens with zero attached hydrogens (tertiary/aromatic N) is 2. The summed E-state index contributed by atoms with van der Waals surface area (Å²) < 4.78 is 1.79. The fraction of sp³-hybridized carbons (Fsp3) is 0.692. The van der Waals surface area contributed by atoms with Crippen molar-refractivity contribution in [3.8, 4) is 0 Å². The van der Waals surface area contributed by atoms with Crippen molar-refractivity contribution in [3.05, 3.63) is 17.5 Å². The molecule has 1 aliphatic rings. The second-order valence-corrected chi connectivity index (χ2v) is 5.17. The summed E-state index contributed by atoms with van der Waals surface area (Å²) in [6.07, 6.45) is 6.53. The first-order valence-electron chi connectivity index (χ1n) is 6.64. The molecule has 6 heteroatoms. The Kier molecular flexibility index (Phi) is 5.38. The Hall–Kier alpha value is -1.07. The van der Waals surface area contributed by atoms with Gasteiger partial charge in [-0.15, -0.1) is 12.4 Å². The quantitative estimate of drug-likeness (QED) is 0.876. The van der Waals surface area contributed by atoms with Gasteiger partial charge in [0.15, 0.2) is 0 Å². The van der Waals surface area contributed by atoms with Crippen LogP contribution in [0.1, 0.15) is 43.9 Å². The maximum Gasteiger partial charge on any atom is 0.240 e. The van der Waals surface area contributed by atoms with Gasteiger partial charge in [-0.25, -0.2) is 0 Å². The summed E-state index contributed by atoms with van der Waals surface area (Å²) in [7, 11) is 1.89. The van der Waals surface area contributed by atoms with Crippen molar-refractivity contribution >= 4 is 18.3 Å². The highest BCUT2D eigenvalue weighted by atomic mass is 35.5. The number of carbonyl (C=O) groups is 1. The van der Waals surface area contributed by atoms with Gasteiger partial charge in [-0.3, -0.25) is 9.48 Å². The normalized spacial score (nSPS) is 17.0. The zero-order chi connectivity index (χ0) is 13.2. The highest BCUT2D eigenvalue weighted by molar-refractivity contribution is 5.86. The molecule has 3 N–H and O–H groups in total. The molecule has 108 valence electrons. The van der Waals surface area contributed by atoms with E-state index < -0.39 is 5.54 Å². The minimum atomic E-state index is -0.644. The number of aromatic nitrogens is 2. The second-order valence-electron chi connectivity index (χ2n) is 5.17. The number of rotatable bonds is 4. The van der Waals surface area contributed by atoms with Gasteiger partial charge in [-0.05, 0) is 19.3 Å². The molecular formula is C13H23ClN4O. The Morgan fingerprint density at radius 2 is 2.16 bits per heavy atom. The van der Waals surface area contributed by atoms with Gasteiger partial charge < -0.3 is 11.1 Å². The predicted octanol–water partition coefficient (Wildman–Crippen LogP) is 1.29. The molecule has 0 saturated heterocycles. The van der Waals surface area contributed by atoms with Gasteiger partial charge in [0.05, 0.1) is 11.2 Å². The summed E-state index contributed by atoms with van der Waals surface area (Å²) in [6.45, 7) is 2.59. The lowest BCUT2D eigenvalue weighted by Gasteiger charge is -2.22. The van der Waals surface area contributed by atoms with Gasteiger partial charge in [0.2, 0.25) is 5.91 Å². The SMILES string of the molecule is CCc1nn(C)cc1CNC(=O)C1(N)CCCC1.Cl. The lowest BCUT2D eigenvalue weighted by molar-refractivity contribution is -0.126. The predicted molar refractivity (Wildman–Crippen MR) is 77.1 cm³/mol. The molecule has 0 bridgehead atoms. The fourth-order valence-electron chi connectivity index (χ4n) is 2.61. The molecule has 0 spiro atoms. The highest BCUT2D eigenvalue weighted by Gasteiger charge is 2.36. The Bertz CT molecular complexity index is 438. The standard InChI is InChI=1S/C13H22N4O.ClH/c1-3-11-10(9-17(2)16-11)8-15-12(18)13(14)6-4-5-7-13;/h9H,3-8,14H2,1-2H3,(H,15,18);1H. The number of aryl methyl sites for hydroxylation is 2. The fourth-order valence-corrected chi connectivity index (χ4v) is 2.61. The van der Waals surface area contributed by atoms with Crippen molar-refractivity contribution in [2.45, 2.75) is 51.1 Å². The molecule has 0 aromatic carbocycles. The van der Waals surface area contributed by atoms with E-state index >= 15 is 0 Å². The van der Waals surface area contributed by atoms with Crippen molar-refractivity contribution in [2.75, 3.05) is 0 Å². The van der Waals surface area contributed by atoms with Crippen LogP contribution in [-0.4, -0.2) is 21.2 Å². The summed E-state index contributed by atoms with van der Waals surface area (Å²) in [6, 6.07) is 0.